The molecule has 12 heteroatoms. The maximum absolute atomic E-state index is 14.5. The summed E-state index contributed by atoms with van der Waals surface area (Å²) in [5, 5.41) is 24.8. The van der Waals surface area contributed by atoms with Crippen molar-refractivity contribution in [2.24, 2.45) is 22.9 Å². The van der Waals surface area contributed by atoms with Crippen LogP contribution >= 0.6 is 0 Å². The van der Waals surface area contributed by atoms with Gasteiger partial charge in [0.1, 0.15) is 30.8 Å². The summed E-state index contributed by atoms with van der Waals surface area (Å²) in [5.41, 5.74) is 4.37. The minimum atomic E-state index is -1.45. The Balaban J connectivity index is 1.44. The quantitative estimate of drug-likeness (QED) is 0.0612. The number of carbonyl (C=O) groups is 1. The van der Waals surface area contributed by atoms with Crippen molar-refractivity contribution >= 4 is 11.8 Å². The molecule has 3 aromatic rings. The van der Waals surface area contributed by atoms with Gasteiger partial charge in [-0.25, -0.2) is 4.79 Å². The van der Waals surface area contributed by atoms with E-state index in [1.54, 1.807) is 24.0 Å². The van der Waals surface area contributed by atoms with Crippen LogP contribution in [-0.4, -0.2) is 78.6 Å². The zero-order valence-corrected chi connectivity index (χ0v) is 34.5. The summed E-state index contributed by atoms with van der Waals surface area (Å²) in [6, 6.07) is 20.6. The molecule has 2 aliphatic carbocycles. The van der Waals surface area contributed by atoms with Gasteiger partial charge < -0.3 is 43.5 Å². The Kier molecular flexibility index (Phi) is 14.5. The standard InChI is InChI=1S/C48H58N2O10/c1-4-24-55-36-19-21-41-39(28-36)45-37(17-11-13-23-52)35(16-10-12-22-51)27-38-40(49-59-31-33-14-8-7-9-15-33)29-44(48(60-41,46(38)45)58-25-5-2)50(47(53)54-6-3)30-34-18-20-42-43(26-34)57-32-56-42/h4-5,7-9,14-15,18-21,26-28,35,37,44-46,51-52H,1-2,6,10-13,16-17,22-25,29-32H2,3H3. The van der Waals surface area contributed by atoms with Crippen molar-refractivity contribution in [3.63, 3.8) is 0 Å². The first-order valence-corrected chi connectivity index (χ1v) is 21.2. The summed E-state index contributed by atoms with van der Waals surface area (Å²) in [4.78, 5) is 22.4. The second-order valence-corrected chi connectivity index (χ2v) is 15.6. The number of oxime groups is 1. The fourth-order valence-electron chi connectivity index (χ4n) is 9.40. The summed E-state index contributed by atoms with van der Waals surface area (Å²) in [7, 11) is 0. The second-order valence-electron chi connectivity index (χ2n) is 15.6. The van der Waals surface area contributed by atoms with Gasteiger partial charge in [0.2, 0.25) is 12.6 Å². The third-order valence-corrected chi connectivity index (χ3v) is 11.9. The molecule has 0 aromatic heterocycles. The van der Waals surface area contributed by atoms with Gasteiger partial charge >= 0.3 is 6.09 Å². The zero-order chi connectivity index (χ0) is 41.9. The highest BCUT2D eigenvalue weighted by molar-refractivity contribution is 6.03. The largest absolute Gasteiger partial charge is 0.490 e. The normalized spacial score (nSPS) is 24.0. The highest BCUT2D eigenvalue weighted by atomic mass is 16.7. The number of nitrogens with zero attached hydrogens (tertiary/aromatic N) is 2. The number of ether oxygens (including phenoxy) is 6. The SMILES string of the molecule is C=CCOc1ccc2c(c1)C1C(CCCCO)C(CCCCO)C=C3C(=NOCc4ccccc4)CC(N(Cc4ccc5c(c4)OCO5)C(=O)OCC)C(OCC=C)(O2)C31. The Hall–Kier alpha value is -5.30. The van der Waals surface area contributed by atoms with Crippen LogP contribution in [0.25, 0.3) is 0 Å². The van der Waals surface area contributed by atoms with E-state index in [9.17, 15) is 15.0 Å². The van der Waals surface area contributed by atoms with Crippen LogP contribution < -0.4 is 18.9 Å². The van der Waals surface area contributed by atoms with Crippen molar-refractivity contribution in [2.45, 2.75) is 82.8 Å². The molecule has 0 bridgehead atoms. The van der Waals surface area contributed by atoms with Crippen molar-refractivity contribution < 1.29 is 48.3 Å². The summed E-state index contributed by atoms with van der Waals surface area (Å²) in [5.74, 6) is 0.545. The first kappa shape index (κ1) is 42.8. The lowest BCUT2D eigenvalue weighted by molar-refractivity contribution is -0.256. The Morgan fingerprint density at radius 1 is 0.917 bits per heavy atom. The van der Waals surface area contributed by atoms with Gasteiger partial charge in [-0.3, -0.25) is 4.90 Å². The van der Waals surface area contributed by atoms with Crippen LogP contribution in [0.4, 0.5) is 4.79 Å². The number of hydrogen-bond donors (Lipinski definition) is 2. The molecule has 12 nitrogen and oxygen atoms in total. The van der Waals surface area contributed by atoms with Crippen molar-refractivity contribution in [3.05, 3.63) is 120 Å². The van der Waals surface area contributed by atoms with Crippen molar-refractivity contribution in [3.8, 4) is 23.0 Å². The molecule has 6 atom stereocenters. The molecular weight excluding hydrogens is 765 g/mol. The van der Waals surface area contributed by atoms with Gasteiger partial charge in [0.25, 0.3) is 0 Å². The summed E-state index contributed by atoms with van der Waals surface area (Å²) >= 11 is 0. The van der Waals surface area contributed by atoms with Gasteiger partial charge in [0.15, 0.2) is 11.5 Å². The third kappa shape index (κ3) is 9.21. The first-order valence-electron chi connectivity index (χ1n) is 21.2. The number of hydrogen-bond acceptors (Lipinski definition) is 11. The van der Waals surface area contributed by atoms with Crippen molar-refractivity contribution in [2.75, 3.05) is 39.8 Å². The van der Waals surface area contributed by atoms with E-state index in [4.69, 9.17) is 38.4 Å². The third-order valence-electron chi connectivity index (χ3n) is 11.9. The lowest BCUT2D eigenvalue weighted by Gasteiger charge is -2.59. The van der Waals surface area contributed by atoms with E-state index in [1.807, 2.05) is 60.7 Å². The molecule has 0 saturated heterocycles. The van der Waals surface area contributed by atoms with Gasteiger partial charge in [-0.05, 0) is 91.5 Å². The molecule has 1 amide bonds. The van der Waals surface area contributed by atoms with Crippen LogP contribution in [0, 0.1) is 17.8 Å². The van der Waals surface area contributed by atoms with Gasteiger partial charge in [0.05, 0.1) is 24.8 Å². The summed E-state index contributed by atoms with van der Waals surface area (Å²) in [6.45, 7) is 11.0. The molecule has 1 fully saturated rings. The molecule has 60 heavy (non-hydrogen) atoms. The number of allylic oxidation sites excluding steroid dienone is 1. The fourth-order valence-corrected chi connectivity index (χ4v) is 9.40. The number of benzene rings is 3. The number of rotatable bonds is 21. The minimum absolute atomic E-state index is 0.0585. The summed E-state index contributed by atoms with van der Waals surface area (Å²) in [6.07, 6.45) is 10.0. The lowest BCUT2D eigenvalue weighted by Crippen LogP contribution is -2.70. The Morgan fingerprint density at radius 3 is 2.45 bits per heavy atom. The maximum atomic E-state index is 14.5. The van der Waals surface area contributed by atoms with Crippen LogP contribution in [0.3, 0.4) is 0 Å². The van der Waals surface area contributed by atoms with E-state index in [-0.39, 0.29) is 70.5 Å². The molecule has 6 unspecified atom stereocenters. The molecular formula is C48H58N2O10. The van der Waals surface area contributed by atoms with E-state index in [0.717, 1.165) is 47.9 Å². The number of carbonyl (C=O) groups excluding carboxylic acids is 1. The van der Waals surface area contributed by atoms with E-state index in [0.29, 0.717) is 48.2 Å². The Labute approximate surface area is 353 Å². The molecule has 1 saturated carbocycles. The fraction of sp³-hybridized carbons (Fsp3) is 0.458. The van der Waals surface area contributed by atoms with Crippen molar-refractivity contribution in [1.82, 2.24) is 4.90 Å². The van der Waals surface area contributed by atoms with Crippen LogP contribution in [0.1, 0.15) is 74.5 Å². The zero-order valence-electron chi connectivity index (χ0n) is 34.5. The molecule has 7 rings (SSSR count). The molecule has 4 aliphatic rings. The highest BCUT2D eigenvalue weighted by Gasteiger charge is 2.65. The van der Waals surface area contributed by atoms with E-state index >= 15 is 0 Å². The van der Waals surface area contributed by atoms with Gasteiger partial charge in [0, 0.05) is 37.7 Å². The topological polar surface area (TPSA) is 138 Å². The predicted octanol–water partition coefficient (Wildman–Crippen LogP) is 8.47. The van der Waals surface area contributed by atoms with Crippen LogP contribution in [0.5, 0.6) is 23.0 Å². The number of aliphatic hydroxyl groups excluding tert-OH is 2. The molecule has 2 heterocycles. The smallest absolute Gasteiger partial charge is 0.410 e. The monoisotopic (exact) mass is 822 g/mol. The van der Waals surface area contributed by atoms with Crippen LogP contribution in [-0.2, 0) is 27.5 Å². The predicted molar refractivity (Wildman–Crippen MR) is 227 cm³/mol. The highest BCUT2D eigenvalue weighted by Crippen LogP contribution is 2.62. The van der Waals surface area contributed by atoms with Crippen molar-refractivity contribution in [1.29, 1.82) is 0 Å². The number of unbranched alkanes of at least 4 members (excludes halogenated alkanes) is 2. The lowest BCUT2D eigenvalue weighted by atomic mass is 9.55. The molecule has 0 radical (unpaired) electrons. The average Bonchev–Trinajstić information content (AvgIpc) is 3.74. The minimum Gasteiger partial charge on any atom is -0.490 e. The number of aliphatic hydroxyl groups is 2. The molecule has 320 valence electrons. The molecule has 2 aliphatic heterocycles. The van der Waals surface area contributed by atoms with Crippen LogP contribution in [0.2, 0.25) is 0 Å². The number of fused-ring (bicyclic) bond motifs is 3. The van der Waals surface area contributed by atoms with Gasteiger partial charge in [-0.1, -0.05) is 79.2 Å². The Bertz CT molecular complexity index is 2000. The number of amides is 1. The van der Waals surface area contributed by atoms with E-state index < -0.39 is 23.8 Å². The van der Waals surface area contributed by atoms with Crippen LogP contribution in [0.15, 0.2) is 109 Å². The second kappa shape index (κ2) is 20.3. The first-order chi connectivity index (χ1) is 29.4. The average molecular weight is 823 g/mol. The van der Waals surface area contributed by atoms with E-state index in [2.05, 4.69) is 25.3 Å². The van der Waals surface area contributed by atoms with E-state index in [1.165, 1.54) is 0 Å². The Morgan fingerprint density at radius 2 is 1.68 bits per heavy atom. The summed E-state index contributed by atoms with van der Waals surface area (Å²) < 4.78 is 37.8. The molecule has 3 aromatic carbocycles. The van der Waals surface area contributed by atoms with Gasteiger partial charge in [-0.15, -0.1) is 6.58 Å². The van der Waals surface area contributed by atoms with Gasteiger partial charge in [-0.2, -0.15) is 0 Å². The maximum Gasteiger partial charge on any atom is 0.410 e. The molecule has 2 N–H and O–H groups in total. The molecule has 0 spiro atoms.